The first-order valence-electron chi connectivity index (χ1n) is 11.1. The van der Waals surface area contributed by atoms with Crippen LogP contribution in [0, 0.1) is 11.6 Å². The van der Waals surface area contributed by atoms with Gasteiger partial charge in [-0.3, -0.25) is 19.2 Å². The van der Waals surface area contributed by atoms with Crippen LogP contribution in [0.25, 0.3) is 11.0 Å². The second-order valence-corrected chi connectivity index (χ2v) is 8.33. The summed E-state index contributed by atoms with van der Waals surface area (Å²) in [5.41, 5.74) is -0.160. The van der Waals surface area contributed by atoms with Crippen LogP contribution in [0.2, 0.25) is 0 Å². The van der Waals surface area contributed by atoms with E-state index in [1.807, 2.05) is 5.32 Å². The molecule has 2 aliphatic heterocycles. The molecule has 1 saturated heterocycles. The summed E-state index contributed by atoms with van der Waals surface area (Å²) in [5.74, 6) is -3.36. The molecule has 0 spiro atoms. The van der Waals surface area contributed by atoms with Crippen LogP contribution in [0.4, 0.5) is 33.7 Å². The number of ether oxygens (including phenoxy) is 1. The molecule has 3 aromatic rings. The smallest absolute Gasteiger partial charge is 0.414 e. The minimum atomic E-state index is -3.22. The molecule has 1 atom stereocenters. The van der Waals surface area contributed by atoms with Crippen molar-refractivity contribution in [2.24, 2.45) is 0 Å². The van der Waals surface area contributed by atoms with Crippen LogP contribution in [-0.4, -0.2) is 65.1 Å². The number of amides is 2. The van der Waals surface area contributed by atoms with Gasteiger partial charge in [-0.05, 0) is 12.1 Å². The Balaban J connectivity index is 1.33. The Morgan fingerprint density at radius 3 is 2.50 bits per heavy atom. The Morgan fingerprint density at radius 2 is 1.81 bits per heavy atom. The third-order valence-corrected chi connectivity index (χ3v) is 6.16. The molecule has 0 radical (unpaired) electrons. The lowest BCUT2D eigenvalue weighted by Gasteiger charge is -2.24. The third kappa shape index (κ3) is 4.12. The summed E-state index contributed by atoms with van der Waals surface area (Å²) in [5, 5.41) is 2.41. The molecule has 0 bridgehead atoms. The maximum atomic E-state index is 15.1. The second kappa shape index (κ2) is 9.17. The van der Waals surface area contributed by atoms with E-state index in [1.165, 1.54) is 9.58 Å². The number of cyclic esters (lactones) is 1. The summed E-state index contributed by atoms with van der Waals surface area (Å²) in [6, 6.07) is 5.30. The van der Waals surface area contributed by atoms with Gasteiger partial charge in [0.25, 0.3) is 11.5 Å². The highest BCUT2D eigenvalue weighted by molar-refractivity contribution is 5.90. The number of anilines is 2. The van der Waals surface area contributed by atoms with Crippen molar-refractivity contribution in [1.82, 2.24) is 19.7 Å². The van der Waals surface area contributed by atoms with E-state index in [0.717, 1.165) is 17.0 Å². The van der Waals surface area contributed by atoms with Crippen molar-refractivity contribution < 1.29 is 31.9 Å². The molecule has 5 rings (SSSR count). The number of carbonyl (C=O) groups excluding carboxylic acids is 2. The number of aromatic nitrogens is 3. The van der Waals surface area contributed by atoms with Gasteiger partial charge >= 0.3 is 12.5 Å². The van der Waals surface area contributed by atoms with E-state index in [1.54, 1.807) is 23.0 Å². The summed E-state index contributed by atoms with van der Waals surface area (Å²) >= 11 is 0. The Morgan fingerprint density at radius 1 is 1.11 bits per heavy atom. The van der Waals surface area contributed by atoms with Gasteiger partial charge in [-0.25, -0.2) is 23.2 Å². The van der Waals surface area contributed by atoms with E-state index in [4.69, 9.17) is 4.74 Å². The van der Waals surface area contributed by atoms with Gasteiger partial charge in [-0.15, -0.1) is 0 Å². The standard InChI is InChI=1S/C22H20F4N6O4/c23-15-8-12(30-11-13(36-22(30)35)10-28-20(33)18(25)26)9-16(24)17(15)29-4-6-31-19-14(2-1-3-27-19)21(34)32(31)7-5-29/h1-3,8-9,13,18H,4-7,10-11H2,(H,28,33). The highest BCUT2D eigenvalue weighted by Crippen LogP contribution is 2.31. The van der Waals surface area contributed by atoms with Crippen LogP contribution in [0.5, 0.6) is 0 Å². The first kappa shape index (κ1) is 23.6. The van der Waals surface area contributed by atoms with Gasteiger partial charge in [-0.1, -0.05) is 0 Å². The lowest BCUT2D eigenvalue weighted by molar-refractivity contribution is -0.132. The fraction of sp³-hybridized carbons (Fsp3) is 0.364. The normalized spacial score (nSPS) is 17.9. The minimum Gasteiger partial charge on any atom is -0.442 e. The third-order valence-electron chi connectivity index (χ3n) is 6.16. The van der Waals surface area contributed by atoms with Crippen molar-refractivity contribution in [3.05, 3.63) is 52.5 Å². The Labute approximate surface area is 200 Å². The fourth-order valence-electron chi connectivity index (χ4n) is 4.49. The molecule has 1 fully saturated rings. The number of alkyl halides is 2. The van der Waals surface area contributed by atoms with Crippen molar-refractivity contribution in [3.8, 4) is 0 Å². The van der Waals surface area contributed by atoms with Gasteiger partial charge in [-0.2, -0.15) is 8.78 Å². The molecule has 14 heteroatoms. The van der Waals surface area contributed by atoms with Gasteiger partial charge in [0.2, 0.25) is 0 Å². The zero-order valence-electron chi connectivity index (χ0n) is 18.7. The molecule has 1 N–H and O–H groups in total. The molecular formula is C22H20F4N6O4. The molecule has 2 aromatic heterocycles. The van der Waals surface area contributed by atoms with Crippen molar-refractivity contribution in [3.63, 3.8) is 0 Å². The van der Waals surface area contributed by atoms with Crippen LogP contribution in [0.15, 0.2) is 35.3 Å². The summed E-state index contributed by atoms with van der Waals surface area (Å²) in [6.45, 7) is 0.238. The van der Waals surface area contributed by atoms with Crippen LogP contribution >= 0.6 is 0 Å². The predicted octanol–water partition coefficient (Wildman–Crippen LogP) is 1.70. The van der Waals surface area contributed by atoms with E-state index >= 15 is 8.78 Å². The summed E-state index contributed by atoms with van der Waals surface area (Å²) in [6.07, 6.45) is -3.54. The van der Waals surface area contributed by atoms with Crippen LogP contribution in [-0.2, 0) is 22.6 Å². The van der Waals surface area contributed by atoms with E-state index in [-0.39, 0.29) is 56.2 Å². The van der Waals surface area contributed by atoms with Gasteiger partial charge < -0.3 is 15.0 Å². The molecule has 0 aliphatic carbocycles. The minimum absolute atomic E-state index is 0.117. The summed E-state index contributed by atoms with van der Waals surface area (Å²) in [4.78, 5) is 42.6. The molecule has 2 amide bonds. The van der Waals surface area contributed by atoms with Crippen LogP contribution < -0.4 is 20.7 Å². The monoisotopic (exact) mass is 508 g/mol. The Hall–Kier alpha value is -4.10. The zero-order valence-corrected chi connectivity index (χ0v) is 18.7. The molecular weight excluding hydrogens is 488 g/mol. The highest BCUT2D eigenvalue weighted by Gasteiger charge is 2.34. The van der Waals surface area contributed by atoms with Gasteiger partial charge in [0.05, 0.1) is 37.3 Å². The lowest BCUT2D eigenvalue weighted by atomic mass is 10.2. The molecule has 2 aliphatic rings. The molecule has 1 aromatic carbocycles. The second-order valence-electron chi connectivity index (χ2n) is 8.33. The van der Waals surface area contributed by atoms with E-state index in [9.17, 15) is 23.2 Å². The number of nitrogens with one attached hydrogen (secondary N) is 1. The number of benzene rings is 1. The van der Waals surface area contributed by atoms with Crippen molar-refractivity contribution in [2.75, 3.05) is 36.0 Å². The van der Waals surface area contributed by atoms with Crippen LogP contribution in [0.3, 0.4) is 0 Å². The molecule has 0 saturated carbocycles. The average Bonchev–Trinajstić information content (AvgIpc) is 3.25. The number of hydrogen-bond donors (Lipinski definition) is 1. The molecule has 10 nitrogen and oxygen atoms in total. The maximum absolute atomic E-state index is 15.1. The SMILES string of the molecule is O=C(NCC1CN(c2cc(F)c(N3CCn4c(=O)c5cccnc5n4CC3)c(F)c2)C(=O)O1)C(F)F. The fourth-order valence-corrected chi connectivity index (χ4v) is 4.49. The number of carbonyl (C=O) groups is 2. The number of rotatable bonds is 5. The lowest BCUT2D eigenvalue weighted by Crippen LogP contribution is -2.37. The number of halogens is 4. The molecule has 36 heavy (non-hydrogen) atoms. The number of pyridine rings is 1. The topological polar surface area (TPSA) is 102 Å². The Bertz CT molecular complexity index is 1380. The first-order valence-corrected chi connectivity index (χ1v) is 11.1. The van der Waals surface area contributed by atoms with Crippen molar-refractivity contribution in [2.45, 2.75) is 25.6 Å². The predicted molar refractivity (Wildman–Crippen MR) is 119 cm³/mol. The van der Waals surface area contributed by atoms with Gasteiger partial charge in [0, 0.05) is 31.4 Å². The largest absolute Gasteiger partial charge is 0.442 e. The number of fused-ring (bicyclic) bond motifs is 3. The van der Waals surface area contributed by atoms with E-state index < -0.39 is 36.2 Å². The first-order chi connectivity index (χ1) is 17.2. The van der Waals surface area contributed by atoms with E-state index in [2.05, 4.69) is 4.98 Å². The quantitative estimate of drug-likeness (QED) is 0.527. The zero-order chi connectivity index (χ0) is 25.6. The Kier molecular flexibility index (Phi) is 6.02. The maximum Gasteiger partial charge on any atom is 0.414 e. The number of hydrogen-bond acceptors (Lipinski definition) is 6. The van der Waals surface area contributed by atoms with Crippen molar-refractivity contribution >= 4 is 34.4 Å². The van der Waals surface area contributed by atoms with Gasteiger partial charge in [0.15, 0.2) is 17.3 Å². The van der Waals surface area contributed by atoms with Crippen LogP contribution in [0.1, 0.15) is 0 Å². The molecule has 4 heterocycles. The van der Waals surface area contributed by atoms with Crippen molar-refractivity contribution in [1.29, 1.82) is 0 Å². The van der Waals surface area contributed by atoms with E-state index in [0.29, 0.717) is 11.0 Å². The number of nitrogens with zero attached hydrogens (tertiary/aromatic N) is 5. The average molecular weight is 508 g/mol. The van der Waals surface area contributed by atoms with Gasteiger partial charge in [0.1, 0.15) is 11.8 Å². The summed E-state index contributed by atoms with van der Waals surface area (Å²) < 4.78 is 63.2. The molecule has 190 valence electrons. The highest BCUT2D eigenvalue weighted by atomic mass is 19.3. The molecule has 1 unspecified atom stereocenters. The summed E-state index contributed by atoms with van der Waals surface area (Å²) in [7, 11) is 0.